The molecule has 0 spiro atoms. The Morgan fingerprint density at radius 2 is 0.765 bits per heavy atom. The fraction of sp³-hybridized carbons (Fsp3) is 0. The van der Waals surface area contributed by atoms with Crippen molar-refractivity contribution < 1.29 is 0 Å². The first-order valence-corrected chi connectivity index (χ1v) is 17.4. The van der Waals surface area contributed by atoms with Gasteiger partial charge in [0.2, 0.25) is 0 Å². The second-order valence-electron chi connectivity index (χ2n) is 12.6. The predicted octanol–water partition coefficient (Wildman–Crippen LogP) is 13.4. The molecule has 0 aliphatic heterocycles. The van der Waals surface area contributed by atoms with E-state index in [-0.39, 0.29) is 0 Å². The topological polar surface area (TPSA) is 11.4 Å². The molecule has 0 bridgehead atoms. The van der Waals surface area contributed by atoms with Gasteiger partial charge in [0.15, 0.2) is 0 Å². The van der Waals surface area contributed by atoms with Gasteiger partial charge in [0.05, 0.1) is 22.4 Å². The zero-order chi connectivity index (χ0) is 34.0. The zero-order valence-corrected chi connectivity index (χ0v) is 28.0. The number of hydrogen-bond acceptors (Lipinski definition) is 2. The Bertz CT molecular complexity index is 2510. The van der Waals surface area contributed by atoms with E-state index in [2.05, 4.69) is 227 Å². The summed E-state index contributed by atoms with van der Waals surface area (Å²) >= 11 is 0. The van der Waals surface area contributed by atoms with E-state index in [9.17, 15) is 0 Å². The molecule has 51 heavy (non-hydrogen) atoms. The van der Waals surface area contributed by atoms with Crippen LogP contribution in [0.5, 0.6) is 0 Å². The number of fused-ring (bicyclic) bond motifs is 3. The van der Waals surface area contributed by atoms with Crippen LogP contribution in [0.3, 0.4) is 0 Å². The molecule has 0 fully saturated rings. The largest absolute Gasteiger partial charge is 0.310 e. The highest BCUT2D eigenvalue weighted by molar-refractivity contribution is 6.18. The third-order valence-electron chi connectivity index (χ3n) is 9.53. The van der Waals surface area contributed by atoms with Crippen LogP contribution in [-0.4, -0.2) is 4.57 Å². The Hall–Kier alpha value is -6.84. The lowest BCUT2D eigenvalue weighted by Gasteiger charge is -2.30. The second-order valence-corrected chi connectivity index (χ2v) is 12.6. The van der Waals surface area contributed by atoms with E-state index in [4.69, 9.17) is 0 Å². The maximum absolute atomic E-state index is 2.41. The summed E-state index contributed by atoms with van der Waals surface area (Å²) in [6.45, 7) is 0. The van der Waals surface area contributed by atoms with Gasteiger partial charge in [-0.3, -0.25) is 0 Å². The van der Waals surface area contributed by atoms with Gasteiger partial charge >= 0.3 is 0 Å². The van der Waals surface area contributed by atoms with Gasteiger partial charge in [-0.05, 0) is 90.0 Å². The standard InChI is InChI=1S/C48H35N3/c1-6-18-36(19-7-1)37-30-32-42(33-31-37)49(38-20-8-2-9-21-38)43-34-46(50(39-22-10-3-11-23-39)40-24-12-4-13-25-40)48-44-28-16-17-29-45(44)51(47(48)35-43)41-26-14-5-15-27-41/h1-35H. The Labute approximate surface area is 298 Å². The van der Waals surface area contributed by atoms with Crippen molar-refractivity contribution in [3.8, 4) is 16.8 Å². The highest BCUT2D eigenvalue weighted by Crippen LogP contribution is 2.48. The molecular formula is C48H35N3. The van der Waals surface area contributed by atoms with Gasteiger partial charge in [-0.25, -0.2) is 0 Å². The minimum absolute atomic E-state index is 1.06. The number of anilines is 6. The highest BCUT2D eigenvalue weighted by atomic mass is 15.2. The minimum atomic E-state index is 1.06. The first kappa shape index (κ1) is 30.2. The molecule has 0 aliphatic rings. The molecular weight excluding hydrogens is 619 g/mol. The van der Waals surface area contributed by atoms with E-state index in [0.29, 0.717) is 0 Å². The zero-order valence-electron chi connectivity index (χ0n) is 28.0. The molecule has 3 heteroatoms. The van der Waals surface area contributed by atoms with E-state index >= 15 is 0 Å². The highest BCUT2D eigenvalue weighted by Gasteiger charge is 2.24. The van der Waals surface area contributed by atoms with E-state index < -0.39 is 0 Å². The maximum Gasteiger partial charge on any atom is 0.0583 e. The average Bonchev–Trinajstić information content (AvgIpc) is 3.55. The van der Waals surface area contributed by atoms with Crippen LogP contribution < -0.4 is 9.80 Å². The summed E-state index contributed by atoms with van der Waals surface area (Å²) in [5.41, 5.74) is 12.3. The Morgan fingerprint density at radius 1 is 0.314 bits per heavy atom. The molecule has 3 nitrogen and oxygen atoms in total. The summed E-state index contributed by atoms with van der Waals surface area (Å²) in [5.74, 6) is 0. The second kappa shape index (κ2) is 13.2. The summed E-state index contributed by atoms with van der Waals surface area (Å²) in [5, 5.41) is 2.39. The number of aromatic nitrogens is 1. The van der Waals surface area contributed by atoms with Crippen LogP contribution in [-0.2, 0) is 0 Å². The average molecular weight is 654 g/mol. The first-order valence-electron chi connectivity index (χ1n) is 17.4. The van der Waals surface area contributed by atoms with Gasteiger partial charge in [-0.1, -0.05) is 133 Å². The Balaban J connectivity index is 1.37. The SMILES string of the molecule is c1ccc(-c2ccc(N(c3ccccc3)c3cc(N(c4ccccc4)c4ccccc4)c4c5ccccc5n(-c5ccccc5)c4c3)cc2)cc1. The monoisotopic (exact) mass is 653 g/mol. The smallest absolute Gasteiger partial charge is 0.0583 e. The molecule has 9 rings (SSSR count). The molecule has 0 aliphatic carbocycles. The normalized spacial score (nSPS) is 11.1. The van der Waals surface area contributed by atoms with Crippen LogP contribution in [0.15, 0.2) is 212 Å². The molecule has 242 valence electrons. The van der Waals surface area contributed by atoms with Crippen molar-refractivity contribution in [1.82, 2.24) is 4.57 Å². The van der Waals surface area contributed by atoms with Crippen molar-refractivity contribution in [3.63, 3.8) is 0 Å². The first-order chi connectivity index (χ1) is 25.3. The Kier molecular flexibility index (Phi) is 7.84. The molecule has 0 amide bonds. The van der Waals surface area contributed by atoms with E-state index in [1.807, 2.05) is 0 Å². The summed E-state index contributed by atoms with van der Waals surface area (Å²) in [6.07, 6.45) is 0. The molecule has 0 saturated carbocycles. The minimum Gasteiger partial charge on any atom is -0.310 e. The summed E-state index contributed by atoms with van der Waals surface area (Å²) in [7, 11) is 0. The van der Waals surface area contributed by atoms with Gasteiger partial charge in [0.25, 0.3) is 0 Å². The molecule has 0 saturated heterocycles. The third kappa shape index (κ3) is 5.61. The van der Waals surface area contributed by atoms with Crippen molar-refractivity contribution >= 4 is 55.9 Å². The number of nitrogens with zero attached hydrogens (tertiary/aromatic N) is 3. The van der Waals surface area contributed by atoms with E-state index in [1.165, 1.54) is 21.9 Å². The Morgan fingerprint density at radius 3 is 1.35 bits per heavy atom. The predicted molar refractivity (Wildman–Crippen MR) is 216 cm³/mol. The van der Waals surface area contributed by atoms with Crippen molar-refractivity contribution in [2.24, 2.45) is 0 Å². The van der Waals surface area contributed by atoms with Crippen LogP contribution in [0.4, 0.5) is 34.1 Å². The van der Waals surface area contributed by atoms with Crippen LogP contribution >= 0.6 is 0 Å². The van der Waals surface area contributed by atoms with Crippen LogP contribution in [0.2, 0.25) is 0 Å². The molecule has 0 atom stereocenters. The lowest BCUT2D eigenvalue weighted by atomic mass is 10.0. The fourth-order valence-electron chi connectivity index (χ4n) is 7.26. The molecule has 1 heterocycles. The maximum atomic E-state index is 2.41. The number of hydrogen-bond donors (Lipinski definition) is 0. The van der Waals surface area contributed by atoms with Crippen molar-refractivity contribution in [2.75, 3.05) is 9.80 Å². The van der Waals surface area contributed by atoms with Crippen molar-refractivity contribution in [3.05, 3.63) is 212 Å². The van der Waals surface area contributed by atoms with Crippen LogP contribution in [0.1, 0.15) is 0 Å². The fourth-order valence-corrected chi connectivity index (χ4v) is 7.26. The summed E-state index contributed by atoms with van der Waals surface area (Å²) in [6, 6.07) is 75.8. The van der Waals surface area contributed by atoms with Gasteiger partial charge in [-0.15, -0.1) is 0 Å². The van der Waals surface area contributed by atoms with Crippen LogP contribution in [0.25, 0.3) is 38.6 Å². The molecule has 0 N–H and O–H groups in total. The van der Waals surface area contributed by atoms with Gasteiger partial charge in [-0.2, -0.15) is 0 Å². The van der Waals surface area contributed by atoms with Crippen molar-refractivity contribution in [2.45, 2.75) is 0 Å². The molecule has 9 aromatic rings. The third-order valence-corrected chi connectivity index (χ3v) is 9.53. The van der Waals surface area contributed by atoms with E-state index in [1.54, 1.807) is 0 Å². The van der Waals surface area contributed by atoms with Gasteiger partial charge < -0.3 is 14.4 Å². The van der Waals surface area contributed by atoms with E-state index in [0.717, 1.165) is 50.8 Å². The molecule has 0 unspecified atom stereocenters. The molecule has 0 radical (unpaired) electrons. The summed E-state index contributed by atoms with van der Waals surface area (Å²) < 4.78 is 2.41. The number of para-hydroxylation sites is 5. The van der Waals surface area contributed by atoms with Crippen LogP contribution in [0, 0.1) is 0 Å². The van der Waals surface area contributed by atoms with Crippen molar-refractivity contribution in [1.29, 1.82) is 0 Å². The quantitative estimate of drug-likeness (QED) is 0.162. The molecule has 8 aromatic carbocycles. The number of rotatable bonds is 8. The molecule has 1 aromatic heterocycles. The van der Waals surface area contributed by atoms with Gasteiger partial charge in [0.1, 0.15) is 0 Å². The lowest BCUT2D eigenvalue weighted by molar-refractivity contribution is 1.17. The number of benzene rings is 8. The van der Waals surface area contributed by atoms with Gasteiger partial charge in [0, 0.05) is 39.2 Å². The lowest BCUT2D eigenvalue weighted by Crippen LogP contribution is -2.14. The summed E-state index contributed by atoms with van der Waals surface area (Å²) in [4.78, 5) is 4.77.